The first-order chi connectivity index (χ1) is 19.3. The predicted octanol–water partition coefficient (Wildman–Crippen LogP) is 4.58. The number of ether oxygens (including phenoxy) is 3. The SMILES string of the molecule is COc1cc(N)c(Cl)cc1C(=O)NCC1CCN(CC(COc2ccc(-c3ccccc3)cc2)OC(N)=O)CC1. The second-order valence-corrected chi connectivity index (χ2v) is 10.2. The molecular weight excluding hydrogens is 532 g/mol. The molecule has 0 saturated carbocycles. The minimum atomic E-state index is -0.830. The van der Waals surface area contributed by atoms with Gasteiger partial charge in [-0.2, -0.15) is 0 Å². The first kappa shape index (κ1) is 29.0. The van der Waals surface area contributed by atoms with Crippen LogP contribution in [-0.2, 0) is 4.74 Å². The van der Waals surface area contributed by atoms with Crippen molar-refractivity contribution < 1.29 is 23.8 Å². The van der Waals surface area contributed by atoms with Gasteiger partial charge >= 0.3 is 6.09 Å². The number of hydrogen-bond acceptors (Lipinski definition) is 7. The molecule has 0 aliphatic carbocycles. The van der Waals surface area contributed by atoms with Crippen molar-refractivity contribution in [3.63, 3.8) is 0 Å². The lowest BCUT2D eigenvalue weighted by atomic mass is 9.96. The number of nitrogens with two attached hydrogens (primary N) is 2. The highest BCUT2D eigenvalue weighted by Gasteiger charge is 2.25. The maximum Gasteiger partial charge on any atom is 0.404 e. The van der Waals surface area contributed by atoms with Crippen molar-refractivity contribution in [2.24, 2.45) is 11.7 Å². The van der Waals surface area contributed by atoms with E-state index in [1.807, 2.05) is 42.5 Å². The quantitative estimate of drug-likeness (QED) is 0.290. The summed E-state index contributed by atoms with van der Waals surface area (Å²) >= 11 is 6.10. The number of nitrogens with zero attached hydrogens (tertiary/aromatic N) is 1. The van der Waals surface area contributed by atoms with Gasteiger partial charge in [0.15, 0.2) is 6.10 Å². The molecule has 1 aliphatic rings. The molecular formula is C30H35ClN4O5. The Morgan fingerprint density at radius 3 is 2.38 bits per heavy atom. The Balaban J connectivity index is 1.24. The molecule has 0 radical (unpaired) electrons. The highest BCUT2D eigenvalue weighted by atomic mass is 35.5. The number of benzene rings is 3. The van der Waals surface area contributed by atoms with Crippen LogP contribution in [0.1, 0.15) is 23.2 Å². The molecule has 4 rings (SSSR count). The summed E-state index contributed by atoms with van der Waals surface area (Å²) in [5.41, 5.74) is 14.1. The van der Waals surface area contributed by atoms with Gasteiger partial charge in [-0.15, -0.1) is 0 Å². The molecule has 1 heterocycles. The molecule has 1 unspecified atom stereocenters. The van der Waals surface area contributed by atoms with E-state index in [2.05, 4.69) is 22.3 Å². The van der Waals surface area contributed by atoms with Crippen molar-refractivity contribution in [1.82, 2.24) is 10.2 Å². The van der Waals surface area contributed by atoms with E-state index in [-0.39, 0.29) is 12.5 Å². The van der Waals surface area contributed by atoms with E-state index < -0.39 is 12.2 Å². The highest BCUT2D eigenvalue weighted by molar-refractivity contribution is 6.33. The van der Waals surface area contributed by atoms with Crippen LogP contribution < -0.4 is 26.3 Å². The summed E-state index contributed by atoms with van der Waals surface area (Å²) in [4.78, 5) is 26.5. The maximum atomic E-state index is 12.7. The molecule has 0 bridgehead atoms. The Morgan fingerprint density at radius 1 is 1.05 bits per heavy atom. The number of anilines is 1. The normalized spacial score (nSPS) is 14.8. The smallest absolute Gasteiger partial charge is 0.404 e. The van der Waals surface area contributed by atoms with Crippen molar-refractivity contribution in [2.45, 2.75) is 18.9 Å². The van der Waals surface area contributed by atoms with Crippen LogP contribution >= 0.6 is 11.6 Å². The lowest BCUT2D eigenvalue weighted by Crippen LogP contribution is -2.44. The number of methoxy groups -OCH3 is 1. The number of amides is 2. The standard InChI is InChI=1S/C30H35ClN4O5/c1-38-28-16-27(32)26(31)15-25(28)29(36)34-17-20-11-13-35(14-12-20)18-24(40-30(33)37)19-39-23-9-7-22(8-10-23)21-5-3-2-4-6-21/h2-10,15-16,20,24H,11-14,17-19,32H2,1H3,(H2,33,37)(H,34,36). The van der Waals surface area contributed by atoms with Crippen molar-refractivity contribution >= 4 is 29.3 Å². The molecule has 10 heteroatoms. The average molecular weight is 567 g/mol. The van der Waals surface area contributed by atoms with E-state index in [9.17, 15) is 9.59 Å². The lowest BCUT2D eigenvalue weighted by Gasteiger charge is -2.34. The third-order valence-corrected chi connectivity index (χ3v) is 7.29. The summed E-state index contributed by atoms with van der Waals surface area (Å²) in [5, 5.41) is 3.29. The van der Waals surface area contributed by atoms with Crippen LogP contribution in [0.5, 0.6) is 11.5 Å². The number of halogens is 1. The number of hydrogen-bond donors (Lipinski definition) is 3. The molecule has 3 aromatic rings. The Labute approximate surface area is 239 Å². The van der Waals surface area contributed by atoms with Crippen molar-refractivity contribution in [2.75, 3.05) is 45.6 Å². The Kier molecular flexibility index (Phi) is 10.1. The van der Waals surface area contributed by atoms with Gasteiger partial charge in [-0.25, -0.2) is 4.79 Å². The molecule has 5 N–H and O–H groups in total. The fraction of sp³-hybridized carbons (Fsp3) is 0.333. The number of likely N-dealkylation sites (tertiary alicyclic amines) is 1. The van der Waals surface area contributed by atoms with Crippen LogP contribution in [0.3, 0.4) is 0 Å². The number of carbonyl (C=O) groups is 2. The molecule has 2 amide bonds. The molecule has 1 saturated heterocycles. The second kappa shape index (κ2) is 13.9. The van der Waals surface area contributed by atoms with E-state index in [1.165, 1.54) is 13.2 Å². The molecule has 0 aromatic heterocycles. The second-order valence-electron chi connectivity index (χ2n) is 9.79. The van der Waals surface area contributed by atoms with Crippen LogP contribution in [0.4, 0.5) is 10.5 Å². The van der Waals surface area contributed by atoms with E-state index in [0.29, 0.717) is 46.8 Å². The minimum absolute atomic E-state index is 0.190. The van der Waals surface area contributed by atoms with Crippen LogP contribution in [0, 0.1) is 5.92 Å². The summed E-state index contributed by atoms with van der Waals surface area (Å²) in [6.45, 7) is 2.81. The lowest BCUT2D eigenvalue weighted by molar-refractivity contribution is 0.0367. The topological polar surface area (TPSA) is 129 Å². The zero-order valence-corrected chi connectivity index (χ0v) is 23.2. The third kappa shape index (κ3) is 8.03. The third-order valence-electron chi connectivity index (χ3n) is 6.96. The molecule has 0 spiro atoms. The summed E-state index contributed by atoms with van der Waals surface area (Å²) in [6, 6.07) is 20.9. The van der Waals surface area contributed by atoms with E-state index in [4.69, 9.17) is 37.3 Å². The predicted molar refractivity (Wildman–Crippen MR) is 156 cm³/mol. The van der Waals surface area contributed by atoms with Gasteiger partial charge in [0.2, 0.25) is 0 Å². The summed E-state index contributed by atoms with van der Waals surface area (Å²) in [6.07, 6.45) is 0.421. The summed E-state index contributed by atoms with van der Waals surface area (Å²) in [5.74, 6) is 1.12. The first-order valence-electron chi connectivity index (χ1n) is 13.2. The summed E-state index contributed by atoms with van der Waals surface area (Å²) in [7, 11) is 1.48. The Hall–Kier alpha value is -3.95. The van der Waals surface area contributed by atoms with Crippen LogP contribution in [0.25, 0.3) is 11.1 Å². The van der Waals surface area contributed by atoms with Gasteiger partial charge in [-0.05, 0) is 61.2 Å². The van der Waals surface area contributed by atoms with Gasteiger partial charge in [0.1, 0.15) is 18.1 Å². The van der Waals surface area contributed by atoms with Crippen LogP contribution in [0.15, 0.2) is 66.7 Å². The van der Waals surface area contributed by atoms with Gasteiger partial charge in [0.25, 0.3) is 5.91 Å². The minimum Gasteiger partial charge on any atom is -0.496 e. The molecule has 1 aliphatic heterocycles. The van der Waals surface area contributed by atoms with Crippen molar-refractivity contribution in [3.8, 4) is 22.6 Å². The summed E-state index contributed by atoms with van der Waals surface area (Å²) < 4.78 is 16.6. The first-order valence-corrected chi connectivity index (χ1v) is 13.6. The maximum absolute atomic E-state index is 12.7. The van der Waals surface area contributed by atoms with Gasteiger partial charge in [-0.3, -0.25) is 9.69 Å². The number of primary amides is 1. The van der Waals surface area contributed by atoms with Crippen molar-refractivity contribution in [3.05, 3.63) is 77.3 Å². The van der Waals surface area contributed by atoms with E-state index in [0.717, 1.165) is 37.1 Å². The fourth-order valence-electron chi connectivity index (χ4n) is 4.76. The van der Waals surface area contributed by atoms with Crippen LogP contribution in [-0.4, -0.2) is 62.9 Å². The van der Waals surface area contributed by atoms with Gasteiger partial charge in [-0.1, -0.05) is 54.1 Å². The monoisotopic (exact) mass is 566 g/mol. The van der Waals surface area contributed by atoms with Gasteiger partial charge in [0.05, 0.1) is 23.4 Å². The zero-order chi connectivity index (χ0) is 28.5. The average Bonchev–Trinajstić information content (AvgIpc) is 2.97. The zero-order valence-electron chi connectivity index (χ0n) is 22.5. The van der Waals surface area contributed by atoms with Crippen molar-refractivity contribution in [1.29, 1.82) is 0 Å². The van der Waals surface area contributed by atoms with E-state index in [1.54, 1.807) is 6.07 Å². The molecule has 40 heavy (non-hydrogen) atoms. The number of nitrogens with one attached hydrogen (secondary N) is 1. The largest absolute Gasteiger partial charge is 0.496 e. The van der Waals surface area contributed by atoms with Gasteiger partial charge < -0.3 is 31.0 Å². The number of nitrogen functional groups attached to an aromatic ring is 1. The van der Waals surface area contributed by atoms with E-state index >= 15 is 0 Å². The molecule has 1 atom stereocenters. The molecule has 3 aromatic carbocycles. The fourth-order valence-corrected chi connectivity index (χ4v) is 4.92. The number of carbonyl (C=O) groups excluding carboxylic acids is 2. The molecule has 1 fully saturated rings. The highest BCUT2D eigenvalue weighted by Crippen LogP contribution is 2.29. The number of rotatable bonds is 11. The van der Waals surface area contributed by atoms with Crippen LogP contribution in [0.2, 0.25) is 5.02 Å². The Bertz CT molecular complexity index is 1280. The number of piperidine rings is 1. The molecule has 212 valence electrons. The van der Waals surface area contributed by atoms with Gasteiger partial charge in [0, 0.05) is 19.2 Å². The molecule has 9 nitrogen and oxygen atoms in total. The Morgan fingerprint density at radius 2 is 1.73 bits per heavy atom.